The van der Waals surface area contributed by atoms with Crippen molar-refractivity contribution in [3.8, 4) is 0 Å². The minimum absolute atomic E-state index is 0.308. The summed E-state index contributed by atoms with van der Waals surface area (Å²) in [5, 5.41) is 0.977. The second-order valence-electron chi connectivity index (χ2n) is 6.36. The van der Waals surface area contributed by atoms with Crippen LogP contribution < -0.4 is 4.72 Å². The lowest BCUT2D eigenvalue weighted by Gasteiger charge is -2.10. The molecule has 1 N–H and O–H groups in total. The number of esters is 1. The zero-order valence-electron chi connectivity index (χ0n) is 16.6. The van der Waals surface area contributed by atoms with Gasteiger partial charge in [-0.05, 0) is 41.7 Å². The molecule has 0 spiro atoms. The maximum absolute atomic E-state index is 12.4. The number of carbonyl (C=O) groups excluding carboxylic acids is 2. The van der Waals surface area contributed by atoms with Gasteiger partial charge in [0, 0.05) is 11.0 Å². The van der Waals surface area contributed by atoms with Gasteiger partial charge in [0.05, 0.1) is 0 Å². The number of aryl methyl sites for hydroxylation is 2. The molecule has 0 aliphatic heterocycles. The number of ether oxygens (including phenoxy) is 1. The van der Waals surface area contributed by atoms with Crippen molar-refractivity contribution < 1.29 is 22.7 Å². The van der Waals surface area contributed by atoms with E-state index in [9.17, 15) is 18.0 Å². The van der Waals surface area contributed by atoms with E-state index in [1.165, 1.54) is 6.08 Å². The molecule has 0 bridgehead atoms. The maximum Gasteiger partial charge on any atom is 0.321 e. The molecule has 2 rings (SSSR count). The summed E-state index contributed by atoms with van der Waals surface area (Å²) in [6.45, 7) is 2.96. The predicted molar refractivity (Wildman–Crippen MR) is 113 cm³/mol. The standard InChI is InChI=1S/C22H25NO5S/c1-3-17-10-11-19(4-2)20(14-17)21(24)16-28-22(25)15-23-29(26,27)13-12-18-8-6-5-7-9-18/h5-14,23H,3-4,15-16H2,1-2H3/b13-12+. The molecular formula is C22H25NO5S. The van der Waals surface area contributed by atoms with E-state index in [4.69, 9.17) is 4.74 Å². The van der Waals surface area contributed by atoms with Crippen molar-refractivity contribution >= 4 is 27.9 Å². The maximum atomic E-state index is 12.4. The number of hydrogen-bond donors (Lipinski definition) is 1. The SMILES string of the molecule is CCc1ccc(CC)c(C(=O)COC(=O)CNS(=O)(=O)/C=C/c2ccccc2)c1. The van der Waals surface area contributed by atoms with Crippen LogP contribution in [0.2, 0.25) is 0 Å². The molecule has 6 nitrogen and oxygen atoms in total. The highest BCUT2D eigenvalue weighted by Gasteiger charge is 2.15. The molecule has 2 aromatic rings. The van der Waals surface area contributed by atoms with E-state index in [1.807, 2.05) is 38.1 Å². The third-order valence-electron chi connectivity index (χ3n) is 4.28. The normalized spacial score (nSPS) is 11.5. The molecule has 154 valence electrons. The molecule has 0 saturated heterocycles. The molecular weight excluding hydrogens is 390 g/mol. The molecule has 0 amide bonds. The molecule has 0 saturated carbocycles. The van der Waals surface area contributed by atoms with Gasteiger partial charge in [-0.25, -0.2) is 13.1 Å². The molecule has 0 aliphatic carbocycles. The van der Waals surface area contributed by atoms with Crippen LogP contribution in [0.25, 0.3) is 6.08 Å². The summed E-state index contributed by atoms with van der Waals surface area (Å²) in [5.74, 6) is -1.13. The van der Waals surface area contributed by atoms with Gasteiger partial charge in [0.2, 0.25) is 15.8 Å². The summed E-state index contributed by atoms with van der Waals surface area (Å²) < 4.78 is 31.0. The van der Waals surface area contributed by atoms with E-state index >= 15 is 0 Å². The molecule has 29 heavy (non-hydrogen) atoms. The van der Waals surface area contributed by atoms with E-state index in [2.05, 4.69) is 4.72 Å². The Morgan fingerprint density at radius 1 is 1.03 bits per heavy atom. The average molecular weight is 416 g/mol. The van der Waals surface area contributed by atoms with Crippen LogP contribution in [0.1, 0.15) is 40.9 Å². The van der Waals surface area contributed by atoms with Crippen LogP contribution in [0.5, 0.6) is 0 Å². The van der Waals surface area contributed by atoms with Crippen molar-refractivity contribution in [1.29, 1.82) is 0 Å². The Balaban J connectivity index is 1.88. The number of ketones is 1. The Morgan fingerprint density at radius 2 is 1.76 bits per heavy atom. The van der Waals surface area contributed by atoms with Gasteiger partial charge in [-0.15, -0.1) is 0 Å². The Kier molecular flexibility index (Phi) is 8.30. The Hall–Kier alpha value is -2.77. The quantitative estimate of drug-likeness (QED) is 0.476. The van der Waals surface area contributed by atoms with Crippen LogP contribution in [-0.4, -0.2) is 33.3 Å². The Labute approximate surface area is 171 Å². The zero-order valence-corrected chi connectivity index (χ0v) is 17.4. The van der Waals surface area contributed by atoms with Crippen LogP contribution in [-0.2, 0) is 32.4 Å². The number of benzene rings is 2. The lowest BCUT2D eigenvalue weighted by Crippen LogP contribution is -2.30. The van der Waals surface area contributed by atoms with Gasteiger partial charge < -0.3 is 4.74 Å². The van der Waals surface area contributed by atoms with Crippen LogP contribution in [0, 0.1) is 0 Å². The summed E-state index contributed by atoms with van der Waals surface area (Å²) in [6, 6.07) is 14.6. The fourth-order valence-electron chi connectivity index (χ4n) is 2.63. The number of carbonyl (C=O) groups is 2. The third kappa shape index (κ3) is 7.29. The summed E-state index contributed by atoms with van der Waals surface area (Å²) in [4.78, 5) is 24.3. The van der Waals surface area contributed by atoms with Crippen molar-refractivity contribution in [2.24, 2.45) is 0 Å². The Bertz CT molecular complexity index is 982. The molecule has 0 aliphatic rings. The Morgan fingerprint density at radius 3 is 2.41 bits per heavy atom. The molecule has 0 fully saturated rings. The van der Waals surface area contributed by atoms with E-state index in [0.717, 1.165) is 23.0 Å². The van der Waals surface area contributed by atoms with Gasteiger partial charge in [0.25, 0.3) is 0 Å². The first-order valence-corrected chi connectivity index (χ1v) is 10.9. The van der Waals surface area contributed by atoms with Crippen molar-refractivity contribution in [2.75, 3.05) is 13.2 Å². The van der Waals surface area contributed by atoms with Crippen LogP contribution >= 0.6 is 0 Å². The second-order valence-corrected chi connectivity index (χ2v) is 8.01. The smallest absolute Gasteiger partial charge is 0.321 e. The highest BCUT2D eigenvalue weighted by molar-refractivity contribution is 7.92. The predicted octanol–water partition coefficient (Wildman–Crippen LogP) is 3.13. The highest BCUT2D eigenvalue weighted by Crippen LogP contribution is 2.14. The van der Waals surface area contributed by atoms with Gasteiger partial charge >= 0.3 is 5.97 Å². The van der Waals surface area contributed by atoms with Crippen LogP contribution in [0.15, 0.2) is 53.9 Å². The highest BCUT2D eigenvalue weighted by atomic mass is 32.2. The number of hydrogen-bond acceptors (Lipinski definition) is 5. The van der Waals surface area contributed by atoms with Crippen molar-refractivity contribution in [3.05, 3.63) is 76.2 Å². The van der Waals surface area contributed by atoms with E-state index in [1.54, 1.807) is 24.3 Å². The fourth-order valence-corrected chi connectivity index (χ4v) is 3.38. The first-order chi connectivity index (χ1) is 13.8. The fraction of sp³-hybridized carbons (Fsp3) is 0.273. The summed E-state index contributed by atoms with van der Waals surface area (Å²) in [5.41, 5.74) is 3.16. The first kappa shape index (κ1) is 22.5. The number of sulfonamides is 1. The van der Waals surface area contributed by atoms with E-state index in [0.29, 0.717) is 17.5 Å². The van der Waals surface area contributed by atoms with Crippen LogP contribution in [0.3, 0.4) is 0 Å². The molecule has 0 unspecified atom stereocenters. The topological polar surface area (TPSA) is 89.5 Å². The summed E-state index contributed by atoms with van der Waals surface area (Å²) in [7, 11) is -3.80. The number of nitrogens with one attached hydrogen (secondary N) is 1. The first-order valence-electron chi connectivity index (χ1n) is 9.38. The zero-order chi connectivity index (χ0) is 21.3. The minimum atomic E-state index is -3.80. The molecule has 0 aromatic heterocycles. The van der Waals surface area contributed by atoms with Crippen molar-refractivity contribution in [2.45, 2.75) is 26.7 Å². The number of rotatable bonds is 10. The number of Topliss-reactive ketones (excluding diaryl/α,β-unsaturated/α-hetero) is 1. The molecule has 0 radical (unpaired) electrons. The monoisotopic (exact) mass is 415 g/mol. The molecule has 2 aromatic carbocycles. The average Bonchev–Trinajstić information content (AvgIpc) is 2.75. The lowest BCUT2D eigenvalue weighted by atomic mass is 9.98. The van der Waals surface area contributed by atoms with E-state index < -0.39 is 29.1 Å². The van der Waals surface area contributed by atoms with Crippen molar-refractivity contribution in [1.82, 2.24) is 4.72 Å². The van der Waals surface area contributed by atoms with E-state index in [-0.39, 0.29) is 5.78 Å². The van der Waals surface area contributed by atoms with Gasteiger partial charge in [-0.3, -0.25) is 9.59 Å². The van der Waals surface area contributed by atoms with Crippen LogP contribution in [0.4, 0.5) is 0 Å². The molecule has 7 heteroatoms. The minimum Gasteiger partial charge on any atom is -0.456 e. The van der Waals surface area contributed by atoms with Gasteiger partial charge in [0.1, 0.15) is 6.54 Å². The molecule has 0 heterocycles. The lowest BCUT2D eigenvalue weighted by molar-refractivity contribution is -0.141. The summed E-state index contributed by atoms with van der Waals surface area (Å²) in [6.07, 6.45) is 2.90. The summed E-state index contributed by atoms with van der Waals surface area (Å²) >= 11 is 0. The third-order valence-corrected chi connectivity index (χ3v) is 5.33. The molecule has 0 atom stereocenters. The van der Waals surface area contributed by atoms with Gasteiger partial charge in [0.15, 0.2) is 6.61 Å². The van der Waals surface area contributed by atoms with Gasteiger partial charge in [-0.1, -0.05) is 56.3 Å². The largest absolute Gasteiger partial charge is 0.456 e. The van der Waals surface area contributed by atoms with Crippen molar-refractivity contribution in [3.63, 3.8) is 0 Å². The second kappa shape index (κ2) is 10.7. The van der Waals surface area contributed by atoms with Gasteiger partial charge in [-0.2, -0.15) is 0 Å².